The van der Waals surface area contributed by atoms with Crippen molar-refractivity contribution in [2.24, 2.45) is 0 Å². The molecule has 0 amide bonds. The van der Waals surface area contributed by atoms with Crippen molar-refractivity contribution in [3.63, 3.8) is 0 Å². The van der Waals surface area contributed by atoms with Gasteiger partial charge in [0.2, 0.25) is 0 Å². The summed E-state index contributed by atoms with van der Waals surface area (Å²) < 4.78 is 78.6. The van der Waals surface area contributed by atoms with Crippen LogP contribution >= 0.6 is 0 Å². The quantitative estimate of drug-likeness (QED) is 0.359. The predicted octanol–water partition coefficient (Wildman–Crippen LogP) is 2.25. The van der Waals surface area contributed by atoms with Gasteiger partial charge < -0.3 is 18.6 Å². The molecule has 0 aromatic carbocycles. The standard InChI is InChI=1S/C17H21F3N4O6S/c1-4-29-16(25)12-13(23-5-7-28-8-6-23)11-9-21-24(10(2)3)14(11)22-15(12)30-31(26,27)17(18,19)20/h9-10H,4-8H2,1-3H3. The Morgan fingerprint density at radius 3 is 2.48 bits per heavy atom. The Hall–Kier alpha value is -2.61. The molecule has 3 heterocycles. The summed E-state index contributed by atoms with van der Waals surface area (Å²) in [7, 11) is -6.10. The highest BCUT2D eigenvalue weighted by atomic mass is 32.2. The third-order valence-corrected chi connectivity index (χ3v) is 5.39. The molecule has 0 unspecified atom stereocenters. The van der Waals surface area contributed by atoms with Gasteiger partial charge in [-0.15, -0.1) is 0 Å². The number of hydrogen-bond donors (Lipinski definition) is 0. The van der Waals surface area contributed by atoms with Crippen molar-refractivity contribution in [2.45, 2.75) is 32.3 Å². The minimum atomic E-state index is -6.10. The van der Waals surface area contributed by atoms with E-state index in [1.807, 2.05) is 0 Å². The van der Waals surface area contributed by atoms with E-state index in [0.29, 0.717) is 31.7 Å². The van der Waals surface area contributed by atoms with Crippen LogP contribution in [-0.2, 0) is 19.6 Å². The van der Waals surface area contributed by atoms with E-state index < -0.39 is 33.0 Å². The van der Waals surface area contributed by atoms with Gasteiger partial charge in [-0.3, -0.25) is 0 Å². The summed E-state index contributed by atoms with van der Waals surface area (Å²) in [6.07, 6.45) is 1.41. The summed E-state index contributed by atoms with van der Waals surface area (Å²) in [6, 6.07) is -0.261. The first kappa shape index (κ1) is 23.1. The maximum Gasteiger partial charge on any atom is 0.534 e. The first-order valence-corrected chi connectivity index (χ1v) is 10.8. The van der Waals surface area contributed by atoms with Gasteiger partial charge in [-0.25, -0.2) is 9.48 Å². The molecule has 2 aromatic heterocycles. The smallest absolute Gasteiger partial charge is 0.462 e. The fraction of sp³-hybridized carbons (Fsp3) is 0.588. The van der Waals surface area contributed by atoms with Crippen molar-refractivity contribution in [1.82, 2.24) is 14.8 Å². The first-order chi connectivity index (χ1) is 14.5. The van der Waals surface area contributed by atoms with Crippen molar-refractivity contribution in [2.75, 3.05) is 37.8 Å². The number of aromatic nitrogens is 3. The van der Waals surface area contributed by atoms with E-state index in [4.69, 9.17) is 9.47 Å². The number of carbonyl (C=O) groups is 1. The average Bonchev–Trinajstić information content (AvgIpc) is 3.10. The van der Waals surface area contributed by atoms with Crippen LogP contribution in [0, 0.1) is 0 Å². The summed E-state index contributed by atoms with van der Waals surface area (Å²) in [5, 5.41) is 4.54. The highest BCUT2D eigenvalue weighted by Gasteiger charge is 2.50. The molecule has 14 heteroatoms. The van der Waals surface area contributed by atoms with Crippen LogP contribution in [-0.4, -0.2) is 67.6 Å². The van der Waals surface area contributed by atoms with Crippen LogP contribution in [0.25, 0.3) is 11.0 Å². The summed E-state index contributed by atoms with van der Waals surface area (Å²) in [4.78, 5) is 18.4. The second-order valence-corrected chi connectivity index (χ2v) is 8.40. The number of rotatable bonds is 6. The van der Waals surface area contributed by atoms with E-state index in [9.17, 15) is 26.4 Å². The Morgan fingerprint density at radius 2 is 1.94 bits per heavy atom. The van der Waals surface area contributed by atoms with Crippen LogP contribution in [0.1, 0.15) is 37.2 Å². The molecular weight excluding hydrogens is 445 g/mol. The SMILES string of the molecule is CCOC(=O)c1c(OS(=O)(=O)C(F)(F)F)nc2c(cnn2C(C)C)c1N1CCOCC1. The number of hydrogen-bond acceptors (Lipinski definition) is 9. The van der Waals surface area contributed by atoms with E-state index in [0.717, 1.165) is 0 Å². The number of alkyl halides is 3. The van der Waals surface area contributed by atoms with Gasteiger partial charge in [0, 0.05) is 19.1 Å². The fourth-order valence-electron chi connectivity index (χ4n) is 3.11. The van der Waals surface area contributed by atoms with E-state index in [2.05, 4.69) is 14.3 Å². The van der Waals surface area contributed by atoms with Gasteiger partial charge in [0.25, 0.3) is 5.88 Å². The van der Waals surface area contributed by atoms with Crippen LogP contribution in [0.15, 0.2) is 6.20 Å². The molecule has 0 N–H and O–H groups in total. The van der Waals surface area contributed by atoms with Gasteiger partial charge in [0.15, 0.2) is 5.65 Å². The molecule has 0 saturated carbocycles. The second-order valence-electron chi connectivity index (χ2n) is 6.86. The molecule has 10 nitrogen and oxygen atoms in total. The Kier molecular flexibility index (Phi) is 6.32. The fourth-order valence-corrected chi connectivity index (χ4v) is 3.54. The van der Waals surface area contributed by atoms with Gasteiger partial charge in [-0.1, -0.05) is 0 Å². The Bertz CT molecular complexity index is 1080. The van der Waals surface area contributed by atoms with Crippen LogP contribution < -0.4 is 9.08 Å². The molecule has 1 fully saturated rings. The minimum absolute atomic E-state index is 0.0666. The molecule has 0 atom stereocenters. The lowest BCUT2D eigenvalue weighted by Gasteiger charge is -2.31. The van der Waals surface area contributed by atoms with Gasteiger partial charge in [-0.05, 0) is 20.8 Å². The highest BCUT2D eigenvalue weighted by Crippen LogP contribution is 2.39. The van der Waals surface area contributed by atoms with Crippen LogP contribution in [0.5, 0.6) is 5.88 Å². The second kappa shape index (κ2) is 8.49. The molecule has 1 aliphatic rings. The number of nitrogens with zero attached hydrogens (tertiary/aromatic N) is 4. The Balaban J connectivity index is 2.34. The first-order valence-electron chi connectivity index (χ1n) is 9.39. The largest absolute Gasteiger partial charge is 0.534 e. The van der Waals surface area contributed by atoms with Crippen molar-refractivity contribution >= 4 is 32.8 Å². The molecule has 31 heavy (non-hydrogen) atoms. The van der Waals surface area contributed by atoms with Crippen molar-refractivity contribution in [3.8, 4) is 5.88 Å². The van der Waals surface area contributed by atoms with Gasteiger partial charge in [0.05, 0.1) is 37.1 Å². The molecule has 0 aliphatic carbocycles. The third kappa shape index (κ3) is 4.39. The molecule has 0 bridgehead atoms. The number of ether oxygens (including phenoxy) is 2. The van der Waals surface area contributed by atoms with E-state index in [1.165, 1.54) is 17.8 Å². The number of esters is 1. The van der Waals surface area contributed by atoms with E-state index in [1.54, 1.807) is 18.7 Å². The van der Waals surface area contributed by atoms with E-state index in [-0.39, 0.29) is 24.0 Å². The monoisotopic (exact) mass is 466 g/mol. The van der Waals surface area contributed by atoms with Crippen LogP contribution in [0.2, 0.25) is 0 Å². The topological polar surface area (TPSA) is 113 Å². The summed E-state index contributed by atoms with van der Waals surface area (Å²) >= 11 is 0. The molecule has 172 valence electrons. The number of fused-ring (bicyclic) bond motifs is 1. The lowest BCUT2D eigenvalue weighted by atomic mass is 10.1. The molecular formula is C17H21F3N4O6S. The molecule has 1 saturated heterocycles. The Morgan fingerprint density at radius 1 is 1.29 bits per heavy atom. The number of halogens is 3. The van der Waals surface area contributed by atoms with Gasteiger partial charge >= 0.3 is 21.6 Å². The summed E-state index contributed by atoms with van der Waals surface area (Å²) in [6.45, 7) is 6.10. The third-order valence-electron chi connectivity index (χ3n) is 4.45. The molecule has 3 rings (SSSR count). The Labute approximate surface area is 176 Å². The zero-order chi connectivity index (χ0) is 23.0. The van der Waals surface area contributed by atoms with Crippen LogP contribution in [0.4, 0.5) is 18.9 Å². The minimum Gasteiger partial charge on any atom is -0.462 e. The summed E-state index contributed by atoms with van der Waals surface area (Å²) in [5.74, 6) is -2.09. The number of anilines is 1. The predicted molar refractivity (Wildman–Crippen MR) is 103 cm³/mol. The maximum atomic E-state index is 13.0. The molecule has 1 aliphatic heterocycles. The zero-order valence-corrected chi connectivity index (χ0v) is 17.8. The molecule has 0 radical (unpaired) electrons. The lowest BCUT2D eigenvalue weighted by molar-refractivity contribution is -0.0501. The van der Waals surface area contributed by atoms with Gasteiger partial charge in [0.1, 0.15) is 5.56 Å². The van der Waals surface area contributed by atoms with E-state index >= 15 is 0 Å². The molecule has 2 aromatic rings. The van der Waals surface area contributed by atoms with Gasteiger partial charge in [-0.2, -0.15) is 31.7 Å². The highest BCUT2D eigenvalue weighted by molar-refractivity contribution is 7.88. The number of morpholine rings is 1. The maximum absolute atomic E-state index is 13.0. The number of carbonyl (C=O) groups excluding carboxylic acids is 1. The van der Waals surface area contributed by atoms with Crippen molar-refractivity contribution in [3.05, 3.63) is 11.8 Å². The average molecular weight is 466 g/mol. The number of pyridine rings is 1. The van der Waals surface area contributed by atoms with Crippen LogP contribution in [0.3, 0.4) is 0 Å². The molecule has 0 spiro atoms. The van der Waals surface area contributed by atoms with Crippen molar-refractivity contribution < 1.29 is 40.0 Å². The zero-order valence-electron chi connectivity index (χ0n) is 17.0. The summed E-state index contributed by atoms with van der Waals surface area (Å²) in [5.41, 5.74) is -6.04. The normalized spacial score (nSPS) is 15.5. The lowest BCUT2D eigenvalue weighted by Crippen LogP contribution is -2.38. The van der Waals surface area contributed by atoms with Crippen molar-refractivity contribution in [1.29, 1.82) is 0 Å².